The predicted octanol–water partition coefficient (Wildman–Crippen LogP) is 4.66. The minimum absolute atomic E-state index is 0.0618. The number of pyridine rings is 1. The maximum absolute atomic E-state index is 12.1. The average molecular weight is 411 g/mol. The summed E-state index contributed by atoms with van der Waals surface area (Å²) in [7, 11) is 0. The van der Waals surface area contributed by atoms with Crippen molar-refractivity contribution >= 4 is 38.9 Å². The number of carbonyl (C=O) groups excluding carboxylic acids is 1. The standard InChI is InChI=1S/C19H15BrN4O2/c20-14-6-11-19(26)24(12-14)13-18(25)21-15-7-9-17(10-8-15)23-22-16-4-2-1-3-5-16/h1-12H,13H2,(H,21,25). The third kappa shape index (κ3) is 4.97. The summed E-state index contributed by atoms with van der Waals surface area (Å²) in [5.41, 5.74) is 1.83. The van der Waals surface area contributed by atoms with E-state index < -0.39 is 0 Å². The molecule has 0 saturated carbocycles. The molecule has 3 rings (SSSR count). The molecule has 26 heavy (non-hydrogen) atoms. The normalized spacial score (nSPS) is 10.8. The van der Waals surface area contributed by atoms with Crippen LogP contribution >= 0.6 is 15.9 Å². The molecule has 0 fully saturated rings. The van der Waals surface area contributed by atoms with E-state index in [0.717, 1.165) is 10.2 Å². The Balaban J connectivity index is 1.62. The summed E-state index contributed by atoms with van der Waals surface area (Å²) in [6.45, 7) is -0.0618. The summed E-state index contributed by atoms with van der Waals surface area (Å²) in [6.07, 6.45) is 1.58. The first kappa shape index (κ1) is 17.8. The van der Waals surface area contributed by atoms with E-state index in [2.05, 4.69) is 31.5 Å². The molecule has 0 spiro atoms. The van der Waals surface area contributed by atoms with E-state index in [4.69, 9.17) is 0 Å². The maximum atomic E-state index is 12.1. The largest absolute Gasteiger partial charge is 0.325 e. The number of anilines is 1. The molecule has 1 aromatic heterocycles. The number of nitrogens with zero attached hydrogens (tertiary/aromatic N) is 3. The van der Waals surface area contributed by atoms with Gasteiger partial charge < -0.3 is 9.88 Å². The van der Waals surface area contributed by atoms with E-state index in [1.165, 1.54) is 10.6 Å². The average Bonchev–Trinajstić information content (AvgIpc) is 2.65. The van der Waals surface area contributed by atoms with Crippen LogP contribution < -0.4 is 10.9 Å². The van der Waals surface area contributed by atoms with Crippen molar-refractivity contribution in [3.8, 4) is 0 Å². The quantitative estimate of drug-likeness (QED) is 0.620. The van der Waals surface area contributed by atoms with Crippen molar-refractivity contribution in [3.05, 3.63) is 87.8 Å². The smallest absolute Gasteiger partial charge is 0.251 e. The monoisotopic (exact) mass is 410 g/mol. The Kier molecular flexibility index (Phi) is 5.70. The number of nitrogens with one attached hydrogen (secondary N) is 1. The number of hydrogen-bond donors (Lipinski definition) is 1. The van der Waals surface area contributed by atoms with E-state index >= 15 is 0 Å². The predicted molar refractivity (Wildman–Crippen MR) is 104 cm³/mol. The summed E-state index contributed by atoms with van der Waals surface area (Å²) in [5.74, 6) is -0.288. The van der Waals surface area contributed by atoms with Crippen molar-refractivity contribution in [2.24, 2.45) is 10.2 Å². The maximum Gasteiger partial charge on any atom is 0.251 e. The van der Waals surface area contributed by atoms with Crippen molar-refractivity contribution in [1.82, 2.24) is 4.57 Å². The van der Waals surface area contributed by atoms with Gasteiger partial charge in [-0.15, -0.1) is 0 Å². The van der Waals surface area contributed by atoms with Crippen LogP contribution in [0.15, 0.2) is 92.4 Å². The molecule has 2 aromatic carbocycles. The molecule has 0 saturated heterocycles. The zero-order chi connectivity index (χ0) is 18.4. The van der Waals surface area contributed by atoms with Crippen LogP contribution in [0.2, 0.25) is 0 Å². The van der Waals surface area contributed by atoms with Crippen molar-refractivity contribution < 1.29 is 4.79 Å². The number of benzene rings is 2. The van der Waals surface area contributed by atoms with Crippen molar-refractivity contribution in [2.75, 3.05) is 5.32 Å². The number of rotatable bonds is 5. The second-order valence-corrected chi connectivity index (χ2v) is 6.36. The van der Waals surface area contributed by atoms with Crippen LogP contribution in [0.25, 0.3) is 0 Å². The fourth-order valence-corrected chi connectivity index (χ4v) is 2.58. The van der Waals surface area contributed by atoms with E-state index in [0.29, 0.717) is 11.4 Å². The van der Waals surface area contributed by atoms with Gasteiger partial charge in [-0.2, -0.15) is 10.2 Å². The van der Waals surface area contributed by atoms with E-state index in [1.54, 1.807) is 36.5 Å². The first-order valence-electron chi connectivity index (χ1n) is 7.83. The molecule has 0 aliphatic carbocycles. The van der Waals surface area contributed by atoms with Crippen LogP contribution in [0, 0.1) is 0 Å². The molecule has 0 radical (unpaired) electrons. The highest BCUT2D eigenvalue weighted by Crippen LogP contribution is 2.20. The molecule has 0 aliphatic rings. The molecular formula is C19H15BrN4O2. The van der Waals surface area contributed by atoms with Crippen molar-refractivity contribution in [3.63, 3.8) is 0 Å². The van der Waals surface area contributed by atoms with Crippen LogP contribution in [-0.2, 0) is 11.3 Å². The lowest BCUT2D eigenvalue weighted by atomic mass is 10.3. The topological polar surface area (TPSA) is 75.8 Å². The number of aromatic nitrogens is 1. The molecule has 6 nitrogen and oxygen atoms in total. The van der Waals surface area contributed by atoms with E-state index in [9.17, 15) is 9.59 Å². The van der Waals surface area contributed by atoms with Gasteiger partial charge in [-0.3, -0.25) is 9.59 Å². The molecule has 130 valence electrons. The molecule has 3 aromatic rings. The Hall–Kier alpha value is -3.06. The SMILES string of the molecule is O=C(Cn1cc(Br)ccc1=O)Nc1ccc(N=Nc2ccccc2)cc1. The van der Waals surface area contributed by atoms with Gasteiger partial charge in [0.25, 0.3) is 5.56 Å². The summed E-state index contributed by atoms with van der Waals surface area (Å²) in [6, 6.07) is 19.5. The third-order valence-corrected chi connectivity index (χ3v) is 3.92. The van der Waals surface area contributed by atoms with Crippen LogP contribution in [-0.4, -0.2) is 10.5 Å². The summed E-state index contributed by atoms with van der Waals surface area (Å²) in [4.78, 5) is 23.8. The minimum Gasteiger partial charge on any atom is -0.325 e. The third-order valence-electron chi connectivity index (χ3n) is 3.45. The Morgan fingerprint density at radius 2 is 1.58 bits per heavy atom. The highest BCUT2D eigenvalue weighted by Gasteiger charge is 2.05. The van der Waals surface area contributed by atoms with Gasteiger partial charge in [-0.05, 0) is 58.4 Å². The fourth-order valence-electron chi connectivity index (χ4n) is 2.20. The Morgan fingerprint density at radius 1 is 0.923 bits per heavy atom. The minimum atomic E-state index is -0.288. The fraction of sp³-hybridized carbons (Fsp3) is 0.0526. The van der Waals surface area contributed by atoms with E-state index in [-0.39, 0.29) is 18.0 Å². The molecule has 0 aliphatic heterocycles. The molecule has 0 unspecified atom stereocenters. The Labute approximate surface area is 158 Å². The number of halogens is 1. The second kappa shape index (κ2) is 8.35. The van der Waals surface area contributed by atoms with Crippen LogP contribution in [0.3, 0.4) is 0 Å². The van der Waals surface area contributed by atoms with Gasteiger partial charge in [0.1, 0.15) is 6.54 Å². The molecular weight excluding hydrogens is 396 g/mol. The lowest BCUT2D eigenvalue weighted by molar-refractivity contribution is -0.116. The van der Waals surface area contributed by atoms with Gasteiger partial charge in [0.2, 0.25) is 5.91 Å². The summed E-state index contributed by atoms with van der Waals surface area (Å²) in [5, 5.41) is 11.0. The van der Waals surface area contributed by atoms with Gasteiger partial charge in [-0.25, -0.2) is 0 Å². The molecule has 7 heteroatoms. The number of azo groups is 1. The number of hydrogen-bond acceptors (Lipinski definition) is 4. The van der Waals surface area contributed by atoms with Gasteiger partial charge in [-0.1, -0.05) is 18.2 Å². The van der Waals surface area contributed by atoms with Gasteiger partial charge in [0.15, 0.2) is 0 Å². The Morgan fingerprint density at radius 3 is 2.27 bits per heavy atom. The van der Waals surface area contributed by atoms with E-state index in [1.807, 2.05) is 30.3 Å². The molecule has 1 N–H and O–H groups in total. The lowest BCUT2D eigenvalue weighted by Crippen LogP contribution is -2.26. The molecule has 0 atom stereocenters. The zero-order valence-corrected chi connectivity index (χ0v) is 15.3. The molecule has 1 amide bonds. The highest BCUT2D eigenvalue weighted by molar-refractivity contribution is 9.10. The van der Waals surface area contributed by atoms with Crippen LogP contribution in [0.4, 0.5) is 17.1 Å². The van der Waals surface area contributed by atoms with Crippen molar-refractivity contribution in [1.29, 1.82) is 0 Å². The number of carbonyl (C=O) groups is 1. The zero-order valence-electron chi connectivity index (χ0n) is 13.7. The van der Waals surface area contributed by atoms with Crippen molar-refractivity contribution in [2.45, 2.75) is 6.54 Å². The first-order chi connectivity index (χ1) is 12.6. The Bertz CT molecular complexity index is 982. The summed E-state index contributed by atoms with van der Waals surface area (Å²) < 4.78 is 2.07. The summed E-state index contributed by atoms with van der Waals surface area (Å²) >= 11 is 3.28. The molecule has 1 heterocycles. The molecule has 0 bridgehead atoms. The number of amides is 1. The van der Waals surface area contributed by atoms with Gasteiger partial charge in [0, 0.05) is 22.4 Å². The van der Waals surface area contributed by atoms with Crippen LogP contribution in [0.1, 0.15) is 0 Å². The second-order valence-electron chi connectivity index (χ2n) is 5.44. The first-order valence-corrected chi connectivity index (χ1v) is 8.62. The van der Waals surface area contributed by atoms with Gasteiger partial charge >= 0.3 is 0 Å². The lowest BCUT2D eigenvalue weighted by Gasteiger charge is -2.07. The van der Waals surface area contributed by atoms with Crippen LogP contribution in [0.5, 0.6) is 0 Å². The highest BCUT2D eigenvalue weighted by atomic mass is 79.9. The van der Waals surface area contributed by atoms with Gasteiger partial charge in [0.05, 0.1) is 11.4 Å².